The number of aliphatic hydroxyl groups excluding tert-OH is 1. The van der Waals surface area contributed by atoms with Gasteiger partial charge < -0.3 is 19.8 Å². The van der Waals surface area contributed by atoms with Gasteiger partial charge in [0, 0.05) is 81.2 Å². The number of fused-ring (bicyclic) bond motifs is 2. The van der Waals surface area contributed by atoms with Gasteiger partial charge in [0.05, 0.1) is 18.3 Å². The number of carbonyl (C=O) groups is 1. The summed E-state index contributed by atoms with van der Waals surface area (Å²) < 4.78 is 29.5. The maximum Gasteiger partial charge on any atom is 0.219 e. The molecule has 1 unspecified atom stereocenters. The average Bonchev–Trinajstić information content (AvgIpc) is 3.52. The Balaban J connectivity index is 1.13. The third kappa shape index (κ3) is 5.17. The Kier molecular flexibility index (Phi) is 7.12. The molecule has 3 aliphatic heterocycles. The SMILES string of the molecule is CC(=O)N1CCc2c(c(-c3ccc(F)c(F)c3)nn2CC(O)CN2CCC(N3CCc4ccccc43)CC2)C1. The van der Waals surface area contributed by atoms with Gasteiger partial charge in [-0.2, -0.15) is 5.10 Å². The Morgan fingerprint density at radius 1 is 1.03 bits per heavy atom. The highest BCUT2D eigenvalue weighted by atomic mass is 19.2. The molecule has 4 heterocycles. The number of para-hydroxylation sites is 1. The minimum Gasteiger partial charge on any atom is -0.390 e. The fourth-order valence-corrected chi connectivity index (χ4v) is 6.50. The van der Waals surface area contributed by atoms with Gasteiger partial charge in [-0.25, -0.2) is 8.78 Å². The van der Waals surface area contributed by atoms with E-state index in [1.807, 2.05) is 4.68 Å². The van der Waals surface area contributed by atoms with Crippen LogP contribution >= 0.6 is 0 Å². The predicted molar refractivity (Wildman–Crippen MR) is 145 cm³/mol. The molecule has 7 nitrogen and oxygen atoms in total. The molecule has 39 heavy (non-hydrogen) atoms. The smallest absolute Gasteiger partial charge is 0.219 e. The van der Waals surface area contributed by atoms with Gasteiger partial charge in [-0.05, 0) is 49.1 Å². The molecule has 1 aromatic heterocycles. The van der Waals surface area contributed by atoms with Crippen LogP contribution in [0.15, 0.2) is 42.5 Å². The zero-order valence-corrected chi connectivity index (χ0v) is 22.3. The van der Waals surface area contributed by atoms with Crippen molar-refractivity contribution in [2.75, 3.05) is 37.6 Å². The summed E-state index contributed by atoms with van der Waals surface area (Å²) in [7, 11) is 0. The van der Waals surface area contributed by atoms with Crippen molar-refractivity contribution in [3.63, 3.8) is 0 Å². The van der Waals surface area contributed by atoms with E-state index in [4.69, 9.17) is 5.10 Å². The van der Waals surface area contributed by atoms with Crippen molar-refractivity contribution in [2.45, 2.75) is 57.8 Å². The molecule has 1 amide bonds. The Morgan fingerprint density at radius 3 is 2.59 bits per heavy atom. The van der Waals surface area contributed by atoms with Crippen molar-refractivity contribution in [2.24, 2.45) is 0 Å². The molecule has 3 aromatic rings. The molecule has 1 saturated heterocycles. The molecule has 1 N–H and O–H groups in total. The lowest BCUT2D eigenvalue weighted by atomic mass is 10.0. The van der Waals surface area contributed by atoms with Crippen molar-refractivity contribution < 1.29 is 18.7 Å². The maximum absolute atomic E-state index is 14.1. The zero-order valence-electron chi connectivity index (χ0n) is 22.3. The first-order chi connectivity index (χ1) is 18.9. The average molecular weight is 536 g/mol. The zero-order chi connectivity index (χ0) is 27.1. The van der Waals surface area contributed by atoms with Gasteiger partial charge in [0.1, 0.15) is 0 Å². The molecule has 0 radical (unpaired) electrons. The van der Waals surface area contributed by atoms with Crippen LogP contribution < -0.4 is 4.90 Å². The molecule has 206 valence electrons. The summed E-state index contributed by atoms with van der Waals surface area (Å²) in [4.78, 5) is 18.7. The third-order valence-electron chi connectivity index (χ3n) is 8.55. The Hall–Kier alpha value is -3.30. The summed E-state index contributed by atoms with van der Waals surface area (Å²) in [5.41, 5.74) is 5.59. The molecular formula is C30H35F2N5O2. The van der Waals surface area contributed by atoms with Gasteiger partial charge in [-0.15, -0.1) is 0 Å². The number of hydrogen-bond acceptors (Lipinski definition) is 5. The minimum atomic E-state index is -0.934. The van der Waals surface area contributed by atoms with Gasteiger partial charge in [-0.1, -0.05) is 18.2 Å². The van der Waals surface area contributed by atoms with E-state index in [-0.39, 0.29) is 5.91 Å². The fourth-order valence-electron chi connectivity index (χ4n) is 6.50. The number of hydrogen-bond donors (Lipinski definition) is 1. The summed E-state index contributed by atoms with van der Waals surface area (Å²) in [5, 5.41) is 15.8. The molecule has 9 heteroatoms. The number of carbonyl (C=O) groups excluding carboxylic acids is 1. The molecule has 1 fully saturated rings. The lowest BCUT2D eigenvalue weighted by Crippen LogP contribution is -2.47. The normalized spacial score (nSPS) is 18.8. The molecule has 1 atom stereocenters. The lowest BCUT2D eigenvalue weighted by molar-refractivity contribution is -0.129. The Labute approximate surface area is 227 Å². The van der Waals surface area contributed by atoms with E-state index in [2.05, 4.69) is 34.1 Å². The Morgan fingerprint density at radius 2 is 1.82 bits per heavy atom. The topological polar surface area (TPSA) is 64.8 Å². The molecule has 2 aromatic carbocycles. The Bertz CT molecular complexity index is 1370. The molecule has 0 spiro atoms. The van der Waals surface area contributed by atoms with Gasteiger partial charge in [-0.3, -0.25) is 9.48 Å². The first-order valence-corrected chi connectivity index (χ1v) is 13.9. The molecule has 0 saturated carbocycles. The maximum atomic E-state index is 14.1. The largest absolute Gasteiger partial charge is 0.390 e. The highest BCUT2D eigenvalue weighted by Crippen LogP contribution is 2.33. The van der Waals surface area contributed by atoms with Gasteiger partial charge in [0.25, 0.3) is 0 Å². The number of nitrogens with zero attached hydrogens (tertiary/aromatic N) is 5. The van der Waals surface area contributed by atoms with E-state index in [0.717, 1.165) is 62.3 Å². The molecule has 3 aliphatic rings. The number of benzene rings is 2. The number of aromatic nitrogens is 2. The first kappa shape index (κ1) is 26.0. The second-order valence-corrected chi connectivity index (χ2v) is 11.0. The quantitative estimate of drug-likeness (QED) is 0.523. The number of aliphatic hydroxyl groups is 1. The van der Waals surface area contributed by atoms with Crippen LogP contribution in [0.25, 0.3) is 11.3 Å². The van der Waals surface area contributed by atoms with Crippen molar-refractivity contribution in [1.82, 2.24) is 19.6 Å². The van der Waals surface area contributed by atoms with Crippen LogP contribution in [0.3, 0.4) is 0 Å². The third-order valence-corrected chi connectivity index (χ3v) is 8.55. The molecule has 6 rings (SSSR count). The van der Waals surface area contributed by atoms with E-state index in [1.165, 1.54) is 24.2 Å². The first-order valence-electron chi connectivity index (χ1n) is 13.9. The molecule has 0 bridgehead atoms. The number of likely N-dealkylation sites (tertiary alicyclic amines) is 1. The summed E-state index contributed by atoms with van der Waals surface area (Å²) in [6.45, 7) is 6.28. The van der Waals surface area contributed by atoms with Crippen molar-refractivity contribution in [1.29, 1.82) is 0 Å². The number of β-amino-alcohol motifs (C(OH)–C–C–N with tert-alkyl or cyclic N) is 1. The van der Waals surface area contributed by atoms with Crippen LogP contribution in [0.2, 0.25) is 0 Å². The number of halogens is 2. The predicted octanol–water partition coefficient (Wildman–Crippen LogP) is 3.62. The summed E-state index contributed by atoms with van der Waals surface area (Å²) >= 11 is 0. The van der Waals surface area contributed by atoms with Crippen LogP contribution in [0, 0.1) is 11.6 Å². The van der Waals surface area contributed by atoms with Crippen LogP contribution in [0.5, 0.6) is 0 Å². The molecular weight excluding hydrogens is 500 g/mol. The number of piperidine rings is 1. The highest BCUT2D eigenvalue weighted by Gasteiger charge is 2.31. The fraction of sp³-hybridized carbons (Fsp3) is 0.467. The van der Waals surface area contributed by atoms with Crippen LogP contribution in [0.1, 0.15) is 36.6 Å². The van der Waals surface area contributed by atoms with E-state index in [0.29, 0.717) is 49.9 Å². The molecule has 0 aliphatic carbocycles. The van der Waals surface area contributed by atoms with E-state index in [1.54, 1.807) is 4.90 Å². The number of anilines is 1. The van der Waals surface area contributed by atoms with E-state index >= 15 is 0 Å². The van der Waals surface area contributed by atoms with E-state index < -0.39 is 17.7 Å². The summed E-state index contributed by atoms with van der Waals surface area (Å²) in [5.74, 6) is -1.88. The standard InChI is InChI=1S/C30H35F2N5O2/c1-20(38)35-14-11-29-25(19-35)30(22-6-7-26(31)27(32)16-22)33-37(29)18-24(39)17-34-12-9-23(10-13-34)36-15-8-21-4-2-3-5-28(21)36/h2-7,16,23-24,39H,8-15,17-19H2,1H3. The second kappa shape index (κ2) is 10.7. The lowest BCUT2D eigenvalue weighted by Gasteiger charge is -2.38. The monoisotopic (exact) mass is 535 g/mol. The number of rotatable bonds is 6. The van der Waals surface area contributed by atoms with Crippen LogP contribution in [-0.2, 0) is 30.7 Å². The summed E-state index contributed by atoms with van der Waals surface area (Å²) in [6, 6.07) is 13.0. The van der Waals surface area contributed by atoms with Crippen molar-refractivity contribution >= 4 is 11.6 Å². The van der Waals surface area contributed by atoms with Gasteiger partial charge >= 0.3 is 0 Å². The van der Waals surface area contributed by atoms with Gasteiger partial charge in [0.2, 0.25) is 5.91 Å². The summed E-state index contributed by atoms with van der Waals surface area (Å²) in [6.07, 6.45) is 3.22. The van der Waals surface area contributed by atoms with Crippen LogP contribution in [0.4, 0.5) is 14.5 Å². The van der Waals surface area contributed by atoms with E-state index in [9.17, 15) is 18.7 Å². The number of amides is 1. The highest BCUT2D eigenvalue weighted by molar-refractivity contribution is 5.74. The van der Waals surface area contributed by atoms with Gasteiger partial charge in [0.15, 0.2) is 11.6 Å². The van der Waals surface area contributed by atoms with Crippen LogP contribution in [-0.4, -0.2) is 75.5 Å². The van der Waals surface area contributed by atoms with Crippen molar-refractivity contribution in [3.05, 3.63) is 70.9 Å². The minimum absolute atomic E-state index is 0.0366. The second-order valence-electron chi connectivity index (χ2n) is 11.0. The van der Waals surface area contributed by atoms with Crippen molar-refractivity contribution in [3.8, 4) is 11.3 Å².